The SMILES string of the molecule is CC(C)c1cccc(NC(=O)[C@H]2CC(=O)N(c3cccc(NC(=O)C4CCC4)c3)C2)c1. The van der Waals surface area contributed by atoms with Crippen LogP contribution in [0.15, 0.2) is 48.5 Å². The number of nitrogens with one attached hydrogen (secondary N) is 2. The molecule has 2 aromatic carbocycles. The van der Waals surface area contributed by atoms with Gasteiger partial charge in [0.25, 0.3) is 0 Å². The molecule has 1 heterocycles. The van der Waals surface area contributed by atoms with Gasteiger partial charge in [0.15, 0.2) is 0 Å². The van der Waals surface area contributed by atoms with Crippen LogP contribution < -0.4 is 15.5 Å². The van der Waals surface area contributed by atoms with Crippen molar-refractivity contribution in [3.05, 3.63) is 54.1 Å². The van der Waals surface area contributed by atoms with Crippen LogP contribution in [0.3, 0.4) is 0 Å². The highest BCUT2D eigenvalue weighted by Gasteiger charge is 2.35. The summed E-state index contributed by atoms with van der Waals surface area (Å²) in [7, 11) is 0. The maximum atomic E-state index is 12.8. The molecule has 2 aromatic rings. The summed E-state index contributed by atoms with van der Waals surface area (Å²) in [6, 6.07) is 15.1. The molecule has 4 rings (SSSR count). The van der Waals surface area contributed by atoms with Crippen LogP contribution in [0.4, 0.5) is 17.1 Å². The van der Waals surface area contributed by atoms with E-state index in [4.69, 9.17) is 0 Å². The van der Waals surface area contributed by atoms with E-state index < -0.39 is 5.92 Å². The fraction of sp³-hybridized carbons (Fsp3) is 0.400. The molecule has 0 radical (unpaired) electrons. The lowest BCUT2D eigenvalue weighted by Gasteiger charge is -2.24. The van der Waals surface area contributed by atoms with E-state index in [9.17, 15) is 14.4 Å². The summed E-state index contributed by atoms with van der Waals surface area (Å²) in [5.41, 5.74) is 3.29. The van der Waals surface area contributed by atoms with E-state index in [1.165, 1.54) is 0 Å². The summed E-state index contributed by atoms with van der Waals surface area (Å²) < 4.78 is 0. The number of anilines is 3. The van der Waals surface area contributed by atoms with Gasteiger partial charge in [0.2, 0.25) is 17.7 Å². The molecule has 6 nitrogen and oxygen atoms in total. The Morgan fingerprint density at radius 3 is 2.23 bits per heavy atom. The van der Waals surface area contributed by atoms with Gasteiger partial charge >= 0.3 is 0 Å². The highest BCUT2D eigenvalue weighted by Crippen LogP contribution is 2.30. The maximum absolute atomic E-state index is 12.8. The van der Waals surface area contributed by atoms with Crippen molar-refractivity contribution in [2.45, 2.75) is 45.4 Å². The molecule has 31 heavy (non-hydrogen) atoms. The van der Waals surface area contributed by atoms with Crippen LogP contribution in [-0.4, -0.2) is 24.3 Å². The molecule has 1 saturated carbocycles. The zero-order chi connectivity index (χ0) is 22.0. The first-order valence-electron chi connectivity index (χ1n) is 11.0. The standard InChI is InChI=1S/C25H29N3O3/c1-16(2)18-8-4-9-20(12-18)26-25(31)19-13-23(29)28(15-19)22-11-5-10-21(14-22)27-24(30)17-6-3-7-17/h4-5,8-12,14,16-17,19H,3,6-7,13,15H2,1-2H3,(H,26,31)(H,27,30)/t19-/m0/s1. The molecule has 0 aromatic heterocycles. The summed E-state index contributed by atoms with van der Waals surface area (Å²) in [5.74, 6) is -0.137. The highest BCUT2D eigenvalue weighted by molar-refractivity contribution is 6.04. The fourth-order valence-electron chi connectivity index (χ4n) is 4.02. The predicted molar refractivity (Wildman–Crippen MR) is 122 cm³/mol. The van der Waals surface area contributed by atoms with E-state index in [0.29, 0.717) is 23.8 Å². The Hall–Kier alpha value is -3.15. The monoisotopic (exact) mass is 419 g/mol. The number of hydrogen-bond donors (Lipinski definition) is 2. The van der Waals surface area contributed by atoms with E-state index in [-0.39, 0.29) is 30.1 Å². The third kappa shape index (κ3) is 4.79. The second-order valence-corrected chi connectivity index (χ2v) is 8.84. The van der Waals surface area contributed by atoms with Crippen molar-refractivity contribution in [2.75, 3.05) is 22.1 Å². The Kier molecular flexibility index (Phi) is 6.07. The largest absolute Gasteiger partial charge is 0.326 e. The quantitative estimate of drug-likeness (QED) is 0.721. The van der Waals surface area contributed by atoms with Gasteiger partial charge in [-0.05, 0) is 54.7 Å². The Morgan fingerprint density at radius 1 is 0.935 bits per heavy atom. The molecule has 1 aliphatic carbocycles. The van der Waals surface area contributed by atoms with Crippen molar-refractivity contribution in [3.63, 3.8) is 0 Å². The second-order valence-electron chi connectivity index (χ2n) is 8.84. The van der Waals surface area contributed by atoms with E-state index in [0.717, 1.165) is 30.5 Å². The summed E-state index contributed by atoms with van der Waals surface area (Å²) in [6.45, 7) is 4.54. The van der Waals surface area contributed by atoms with Gasteiger partial charge in [-0.3, -0.25) is 14.4 Å². The van der Waals surface area contributed by atoms with Crippen LogP contribution in [-0.2, 0) is 14.4 Å². The summed E-state index contributed by atoms with van der Waals surface area (Å²) in [5, 5.41) is 5.91. The van der Waals surface area contributed by atoms with Crippen molar-refractivity contribution < 1.29 is 14.4 Å². The number of benzene rings is 2. The zero-order valence-corrected chi connectivity index (χ0v) is 18.1. The lowest BCUT2D eigenvalue weighted by atomic mass is 9.85. The van der Waals surface area contributed by atoms with Gasteiger partial charge in [-0.25, -0.2) is 0 Å². The third-order valence-corrected chi connectivity index (χ3v) is 6.22. The minimum Gasteiger partial charge on any atom is -0.326 e. The topological polar surface area (TPSA) is 78.5 Å². The molecule has 2 N–H and O–H groups in total. The number of amides is 3. The molecule has 1 atom stereocenters. The lowest BCUT2D eigenvalue weighted by molar-refractivity contribution is -0.122. The first kappa shape index (κ1) is 21.1. The molecule has 162 valence electrons. The highest BCUT2D eigenvalue weighted by atomic mass is 16.2. The van der Waals surface area contributed by atoms with Crippen molar-refractivity contribution in [1.82, 2.24) is 0 Å². The first-order valence-corrected chi connectivity index (χ1v) is 11.0. The summed E-state index contributed by atoms with van der Waals surface area (Å²) >= 11 is 0. The smallest absolute Gasteiger partial charge is 0.229 e. The second kappa shape index (κ2) is 8.92. The Balaban J connectivity index is 1.41. The average molecular weight is 420 g/mol. The van der Waals surface area contributed by atoms with E-state index in [1.54, 1.807) is 11.0 Å². The fourth-order valence-corrected chi connectivity index (χ4v) is 4.02. The molecule has 0 spiro atoms. The van der Waals surface area contributed by atoms with Gasteiger partial charge in [0, 0.05) is 35.9 Å². The summed E-state index contributed by atoms with van der Waals surface area (Å²) in [6.07, 6.45) is 3.15. The van der Waals surface area contributed by atoms with Crippen LogP contribution >= 0.6 is 0 Å². The number of hydrogen-bond acceptors (Lipinski definition) is 3. The van der Waals surface area contributed by atoms with Gasteiger partial charge in [0.1, 0.15) is 0 Å². The predicted octanol–water partition coefficient (Wildman–Crippen LogP) is 4.54. The Labute approximate surface area is 183 Å². The number of carbonyl (C=O) groups is 3. The van der Waals surface area contributed by atoms with E-state index >= 15 is 0 Å². The molecule has 0 unspecified atom stereocenters. The van der Waals surface area contributed by atoms with Crippen molar-refractivity contribution in [2.24, 2.45) is 11.8 Å². The average Bonchev–Trinajstić information content (AvgIpc) is 3.09. The minimum atomic E-state index is -0.413. The molecule has 0 bridgehead atoms. The molecule has 6 heteroatoms. The lowest BCUT2D eigenvalue weighted by Crippen LogP contribution is -2.29. The molecule has 2 fully saturated rings. The van der Waals surface area contributed by atoms with Crippen LogP contribution in [0, 0.1) is 11.8 Å². The van der Waals surface area contributed by atoms with Crippen LogP contribution in [0.5, 0.6) is 0 Å². The number of carbonyl (C=O) groups excluding carboxylic acids is 3. The molecular weight excluding hydrogens is 390 g/mol. The first-order chi connectivity index (χ1) is 14.9. The molecule has 1 aliphatic heterocycles. The number of rotatable bonds is 6. The van der Waals surface area contributed by atoms with Gasteiger partial charge < -0.3 is 15.5 Å². The van der Waals surface area contributed by atoms with Crippen molar-refractivity contribution >= 4 is 34.8 Å². The van der Waals surface area contributed by atoms with Crippen LogP contribution in [0.2, 0.25) is 0 Å². The van der Waals surface area contributed by atoms with Gasteiger partial charge in [-0.15, -0.1) is 0 Å². The Morgan fingerprint density at radius 2 is 1.58 bits per heavy atom. The maximum Gasteiger partial charge on any atom is 0.229 e. The zero-order valence-electron chi connectivity index (χ0n) is 18.1. The number of nitrogens with zero attached hydrogens (tertiary/aromatic N) is 1. The van der Waals surface area contributed by atoms with E-state index in [2.05, 4.69) is 24.5 Å². The van der Waals surface area contributed by atoms with E-state index in [1.807, 2.05) is 42.5 Å². The molecule has 1 saturated heterocycles. The molecular formula is C25H29N3O3. The molecule has 3 amide bonds. The molecule has 2 aliphatic rings. The van der Waals surface area contributed by atoms with Gasteiger partial charge in [-0.1, -0.05) is 38.5 Å². The van der Waals surface area contributed by atoms with Crippen LogP contribution in [0.25, 0.3) is 0 Å². The van der Waals surface area contributed by atoms with Crippen LogP contribution in [0.1, 0.15) is 51.0 Å². The van der Waals surface area contributed by atoms with Gasteiger partial charge in [0.05, 0.1) is 5.92 Å². The van der Waals surface area contributed by atoms with Gasteiger partial charge in [-0.2, -0.15) is 0 Å². The van der Waals surface area contributed by atoms with Crippen molar-refractivity contribution in [3.8, 4) is 0 Å². The third-order valence-electron chi connectivity index (χ3n) is 6.22. The Bertz CT molecular complexity index is 997. The van der Waals surface area contributed by atoms with Crippen molar-refractivity contribution in [1.29, 1.82) is 0 Å². The summed E-state index contributed by atoms with van der Waals surface area (Å²) in [4.78, 5) is 39.3. The minimum absolute atomic E-state index is 0.0389. The normalized spacial score (nSPS) is 18.7.